The number of piperidine rings is 1. The number of amides is 1. The minimum Gasteiger partial charge on any atom is -0.379 e. The quantitative estimate of drug-likeness (QED) is 0.797. The van der Waals surface area contributed by atoms with Gasteiger partial charge in [-0.05, 0) is 51.6 Å². The Morgan fingerprint density at radius 3 is 2.62 bits per heavy atom. The lowest BCUT2D eigenvalue weighted by atomic mass is 9.91. The summed E-state index contributed by atoms with van der Waals surface area (Å²) in [5.41, 5.74) is 0.331. The number of morpholine rings is 1. The van der Waals surface area contributed by atoms with Crippen molar-refractivity contribution in [3.63, 3.8) is 0 Å². The van der Waals surface area contributed by atoms with Crippen LogP contribution in [0.15, 0.2) is 0 Å². The maximum Gasteiger partial charge on any atom is 0.223 e. The summed E-state index contributed by atoms with van der Waals surface area (Å²) in [7, 11) is 0. The molecule has 2 heterocycles. The number of nitrogens with zero attached hydrogens (tertiary/aromatic N) is 1. The van der Waals surface area contributed by atoms with Gasteiger partial charge in [-0.2, -0.15) is 0 Å². The molecule has 0 aromatic carbocycles. The first-order valence-electron chi connectivity index (χ1n) is 8.45. The minimum absolute atomic E-state index is 0.204. The summed E-state index contributed by atoms with van der Waals surface area (Å²) in [4.78, 5) is 14.9. The number of ether oxygens (including phenoxy) is 1. The normalized spacial score (nSPS) is 31.6. The fraction of sp³-hybridized carbons (Fsp3) is 0.938. The highest BCUT2D eigenvalue weighted by atomic mass is 16.5. The molecule has 0 aromatic rings. The highest BCUT2D eigenvalue weighted by molar-refractivity contribution is 5.82. The van der Waals surface area contributed by atoms with E-state index < -0.39 is 0 Å². The van der Waals surface area contributed by atoms with Gasteiger partial charge >= 0.3 is 0 Å². The van der Waals surface area contributed by atoms with E-state index in [1.54, 1.807) is 0 Å². The zero-order valence-electron chi connectivity index (χ0n) is 13.4. The van der Waals surface area contributed by atoms with Crippen LogP contribution in [0.2, 0.25) is 0 Å². The van der Waals surface area contributed by atoms with Crippen molar-refractivity contribution in [1.82, 2.24) is 15.5 Å². The molecule has 21 heavy (non-hydrogen) atoms. The van der Waals surface area contributed by atoms with E-state index in [1.807, 2.05) is 0 Å². The molecule has 0 aromatic heterocycles. The molecule has 120 valence electrons. The highest BCUT2D eigenvalue weighted by Gasteiger charge is 2.57. The first kappa shape index (κ1) is 15.3. The van der Waals surface area contributed by atoms with Gasteiger partial charge < -0.3 is 15.4 Å². The maximum atomic E-state index is 12.5. The Balaban J connectivity index is 1.48. The standard InChI is InChI=1S/C16H29N3O2/c1-12(13(2)19-7-9-21-10-8-19)18-15(20)14-11-16(14)3-5-17-6-4-16/h12-14,17H,3-11H2,1-2H3,(H,18,20). The van der Waals surface area contributed by atoms with Crippen LogP contribution in [0.25, 0.3) is 0 Å². The van der Waals surface area contributed by atoms with E-state index in [9.17, 15) is 4.79 Å². The Morgan fingerprint density at radius 2 is 1.95 bits per heavy atom. The van der Waals surface area contributed by atoms with Crippen LogP contribution in [0, 0.1) is 11.3 Å². The van der Waals surface area contributed by atoms with E-state index in [0.29, 0.717) is 11.5 Å². The third kappa shape index (κ3) is 3.25. The molecule has 3 aliphatic rings. The lowest BCUT2D eigenvalue weighted by Gasteiger charge is -2.36. The van der Waals surface area contributed by atoms with Gasteiger partial charge in [0.05, 0.1) is 13.2 Å². The van der Waals surface area contributed by atoms with Crippen molar-refractivity contribution in [3.8, 4) is 0 Å². The van der Waals surface area contributed by atoms with E-state index in [4.69, 9.17) is 4.74 Å². The number of carbonyl (C=O) groups is 1. The molecule has 3 atom stereocenters. The predicted octanol–water partition coefficient (Wildman–Crippen LogP) is 0.602. The van der Waals surface area contributed by atoms with Crippen LogP contribution in [-0.2, 0) is 9.53 Å². The fourth-order valence-corrected chi connectivity index (χ4v) is 3.94. The van der Waals surface area contributed by atoms with Crippen LogP contribution in [0.1, 0.15) is 33.1 Å². The minimum atomic E-state index is 0.204. The second-order valence-electron chi connectivity index (χ2n) is 7.06. The van der Waals surface area contributed by atoms with Crippen molar-refractivity contribution in [2.45, 2.75) is 45.2 Å². The molecule has 2 saturated heterocycles. The first-order valence-corrected chi connectivity index (χ1v) is 8.45. The lowest BCUT2D eigenvalue weighted by molar-refractivity contribution is -0.124. The molecule has 5 nitrogen and oxygen atoms in total. The second-order valence-corrected chi connectivity index (χ2v) is 7.06. The van der Waals surface area contributed by atoms with Gasteiger partial charge in [0, 0.05) is 31.1 Å². The van der Waals surface area contributed by atoms with E-state index in [0.717, 1.165) is 45.8 Å². The Bertz CT molecular complexity index is 376. The number of carbonyl (C=O) groups excluding carboxylic acids is 1. The largest absolute Gasteiger partial charge is 0.379 e. The summed E-state index contributed by atoms with van der Waals surface area (Å²) in [5, 5.41) is 6.66. The van der Waals surface area contributed by atoms with Crippen molar-refractivity contribution in [1.29, 1.82) is 0 Å². The lowest BCUT2D eigenvalue weighted by Crippen LogP contribution is -2.52. The molecule has 1 spiro atoms. The Labute approximate surface area is 127 Å². The zero-order chi connectivity index (χ0) is 14.9. The summed E-state index contributed by atoms with van der Waals surface area (Å²) in [6, 6.07) is 0.579. The van der Waals surface area contributed by atoms with E-state index in [2.05, 4.69) is 29.4 Å². The number of rotatable bonds is 4. The summed E-state index contributed by atoms with van der Waals surface area (Å²) in [6.07, 6.45) is 3.43. The molecule has 0 bridgehead atoms. The molecule has 2 N–H and O–H groups in total. The average molecular weight is 295 g/mol. The summed E-state index contributed by atoms with van der Waals surface area (Å²) in [5.74, 6) is 0.545. The highest BCUT2D eigenvalue weighted by Crippen LogP contribution is 2.58. The van der Waals surface area contributed by atoms with Gasteiger partial charge in [0.2, 0.25) is 5.91 Å². The Hall–Kier alpha value is -0.650. The van der Waals surface area contributed by atoms with Crippen LogP contribution in [0.4, 0.5) is 0 Å². The first-order chi connectivity index (χ1) is 10.1. The maximum absolute atomic E-state index is 12.5. The second kappa shape index (κ2) is 6.23. The van der Waals surface area contributed by atoms with Gasteiger partial charge in [0.25, 0.3) is 0 Å². The third-order valence-electron chi connectivity index (χ3n) is 5.82. The van der Waals surface area contributed by atoms with Gasteiger partial charge in [0.1, 0.15) is 0 Å². The zero-order valence-corrected chi connectivity index (χ0v) is 13.4. The number of hydrogen-bond donors (Lipinski definition) is 2. The number of nitrogens with one attached hydrogen (secondary N) is 2. The molecular formula is C16H29N3O2. The van der Waals surface area contributed by atoms with E-state index >= 15 is 0 Å². The van der Waals surface area contributed by atoms with Gasteiger partial charge in [-0.15, -0.1) is 0 Å². The van der Waals surface area contributed by atoms with Gasteiger partial charge in [-0.25, -0.2) is 0 Å². The van der Waals surface area contributed by atoms with Gasteiger partial charge in [0.15, 0.2) is 0 Å². The van der Waals surface area contributed by atoms with Crippen LogP contribution >= 0.6 is 0 Å². The Morgan fingerprint density at radius 1 is 1.29 bits per heavy atom. The summed E-state index contributed by atoms with van der Waals surface area (Å²) in [6.45, 7) is 10.1. The van der Waals surface area contributed by atoms with E-state index in [-0.39, 0.29) is 17.9 Å². The van der Waals surface area contributed by atoms with Crippen molar-refractivity contribution in [3.05, 3.63) is 0 Å². The molecule has 0 radical (unpaired) electrons. The van der Waals surface area contributed by atoms with Crippen molar-refractivity contribution in [2.24, 2.45) is 11.3 Å². The van der Waals surface area contributed by atoms with E-state index in [1.165, 1.54) is 12.8 Å². The molecule has 3 rings (SSSR count). The summed E-state index contributed by atoms with van der Waals surface area (Å²) >= 11 is 0. The van der Waals surface area contributed by atoms with Crippen LogP contribution in [-0.4, -0.2) is 62.3 Å². The number of hydrogen-bond acceptors (Lipinski definition) is 4. The van der Waals surface area contributed by atoms with Crippen molar-refractivity contribution in [2.75, 3.05) is 39.4 Å². The topological polar surface area (TPSA) is 53.6 Å². The molecule has 5 heteroatoms. The molecule has 3 fully saturated rings. The molecule has 1 amide bonds. The fourth-order valence-electron chi connectivity index (χ4n) is 3.94. The van der Waals surface area contributed by atoms with Crippen LogP contribution in [0.3, 0.4) is 0 Å². The molecular weight excluding hydrogens is 266 g/mol. The monoisotopic (exact) mass is 295 g/mol. The van der Waals surface area contributed by atoms with Crippen LogP contribution < -0.4 is 10.6 Å². The molecule has 1 aliphatic carbocycles. The smallest absolute Gasteiger partial charge is 0.223 e. The predicted molar refractivity (Wildman–Crippen MR) is 82.1 cm³/mol. The Kier molecular flexibility index (Phi) is 4.52. The SMILES string of the molecule is CC(NC(=O)C1CC12CCNCC2)C(C)N1CCOCC1. The van der Waals surface area contributed by atoms with Gasteiger partial charge in [-0.3, -0.25) is 9.69 Å². The van der Waals surface area contributed by atoms with Crippen LogP contribution in [0.5, 0.6) is 0 Å². The van der Waals surface area contributed by atoms with Crippen molar-refractivity contribution >= 4 is 5.91 Å². The molecule has 2 aliphatic heterocycles. The average Bonchev–Trinajstić information content (AvgIpc) is 3.21. The molecule has 1 saturated carbocycles. The van der Waals surface area contributed by atoms with Crippen molar-refractivity contribution < 1.29 is 9.53 Å². The molecule has 3 unspecified atom stereocenters. The summed E-state index contributed by atoms with van der Waals surface area (Å²) < 4.78 is 5.40. The third-order valence-corrected chi connectivity index (χ3v) is 5.82. The van der Waals surface area contributed by atoms with Gasteiger partial charge in [-0.1, -0.05) is 0 Å².